The average Bonchev–Trinajstić information content (AvgIpc) is 2.80. The molecule has 3 rings (SSSR count). The molecule has 2 amide bonds. The predicted octanol–water partition coefficient (Wildman–Crippen LogP) is 1.78. The van der Waals surface area contributed by atoms with Crippen molar-refractivity contribution in [1.82, 2.24) is 20.7 Å². The predicted molar refractivity (Wildman–Crippen MR) is 118 cm³/mol. The summed E-state index contributed by atoms with van der Waals surface area (Å²) < 4.78 is 17.9. The van der Waals surface area contributed by atoms with E-state index in [-0.39, 0.29) is 40.3 Å². The number of rotatable bonds is 7. The fourth-order valence-electron chi connectivity index (χ4n) is 3.13. The van der Waals surface area contributed by atoms with Crippen molar-refractivity contribution in [1.29, 1.82) is 0 Å². The number of carbonyl (C=O) groups excluding carboxylic acids is 3. The highest BCUT2D eigenvalue weighted by Crippen LogP contribution is 2.32. The summed E-state index contributed by atoms with van der Waals surface area (Å²) in [5.41, 5.74) is 6.33. The fourth-order valence-corrected chi connectivity index (χ4v) is 3.13. The van der Waals surface area contributed by atoms with Crippen LogP contribution in [-0.2, 0) is 16.0 Å². The maximum absolute atomic E-state index is 13.2. The molecule has 2 aromatic carbocycles. The molecule has 0 aliphatic rings. The van der Waals surface area contributed by atoms with Crippen LogP contribution in [0, 0.1) is 5.82 Å². The van der Waals surface area contributed by atoms with E-state index >= 15 is 0 Å². The Hall–Kier alpha value is -4.05. The SMILES string of the molecule is COC(=O)c1cc(C(=O)NNCC(=O)N(C)C)c2cc(Cc3ccc(F)cc3)cnc2c1O. The topological polar surface area (TPSA) is 121 Å². The van der Waals surface area contributed by atoms with Crippen LogP contribution < -0.4 is 10.9 Å². The number of amides is 2. The van der Waals surface area contributed by atoms with E-state index in [1.54, 1.807) is 32.3 Å². The normalized spacial score (nSPS) is 10.7. The molecule has 0 bridgehead atoms. The van der Waals surface area contributed by atoms with Gasteiger partial charge in [-0.1, -0.05) is 12.1 Å². The number of nitrogens with one attached hydrogen (secondary N) is 2. The molecule has 0 saturated heterocycles. The zero-order valence-corrected chi connectivity index (χ0v) is 18.3. The average molecular weight is 454 g/mol. The van der Waals surface area contributed by atoms with Gasteiger partial charge >= 0.3 is 5.97 Å². The standard InChI is InChI=1S/C23H23FN4O5/c1-28(2)19(29)12-26-27-22(31)17-10-18(23(32)33-3)21(30)20-16(17)9-14(11-25-20)8-13-4-6-15(24)7-5-13/h4-7,9-11,26,30H,8,12H2,1-3H3,(H,27,31). The summed E-state index contributed by atoms with van der Waals surface area (Å²) in [7, 11) is 4.31. The highest BCUT2D eigenvalue weighted by Gasteiger charge is 2.22. The minimum atomic E-state index is -0.837. The summed E-state index contributed by atoms with van der Waals surface area (Å²) >= 11 is 0. The maximum atomic E-state index is 13.2. The molecule has 3 aromatic rings. The number of phenols is 1. The lowest BCUT2D eigenvalue weighted by Crippen LogP contribution is -2.43. The molecule has 9 nitrogen and oxygen atoms in total. The zero-order chi connectivity index (χ0) is 24.1. The first-order chi connectivity index (χ1) is 15.7. The highest BCUT2D eigenvalue weighted by molar-refractivity contribution is 6.11. The first-order valence-electron chi connectivity index (χ1n) is 9.92. The number of pyridine rings is 1. The van der Waals surface area contributed by atoms with Crippen LogP contribution in [0.4, 0.5) is 4.39 Å². The van der Waals surface area contributed by atoms with Crippen LogP contribution in [-0.4, -0.2) is 60.5 Å². The van der Waals surface area contributed by atoms with Crippen molar-refractivity contribution in [2.75, 3.05) is 27.7 Å². The smallest absolute Gasteiger partial charge is 0.341 e. The monoisotopic (exact) mass is 454 g/mol. The quantitative estimate of drug-likeness (QED) is 0.368. The van der Waals surface area contributed by atoms with Gasteiger partial charge in [-0.2, -0.15) is 0 Å². The number of halogens is 1. The molecule has 1 aromatic heterocycles. The van der Waals surface area contributed by atoms with Gasteiger partial charge in [0.15, 0.2) is 5.75 Å². The zero-order valence-electron chi connectivity index (χ0n) is 18.3. The highest BCUT2D eigenvalue weighted by atomic mass is 19.1. The molecule has 0 aliphatic heterocycles. The number of hydrazine groups is 1. The van der Waals surface area contributed by atoms with Crippen molar-refractivity contribution in [2.45, 2.75) is 6.42 Å². The third kappa shape index (κ3) is 5.42. The van der Waals surface area contributed by atoms with Crippen LogP contribution in [0.15, 0.2) is 42.6 Å². The van der Waals surface area contributed by atoms with E-state index in [0.717, 1.165) is 12.7 Å². The number of benzene rings is 2. The van der Waals surface area contributed by atoms with Gasteiger partial charge in [0.1, 0.15) is 16.9 Å². The van der Waals surface area contributed by atoms with E-state index in [4.69, 9.17) is 4.74 Å². The van der Waals surface area contributed by atoms with Gasteiger partial charge in [-0.15, -0.1) is 0 Å². The largest absolute Gasteiger partial charge is 0.505 e. The lowest BCUT2D eigenvalue weighted by atomic mass is 9.99. The summed E-state index contributed by atoms with van der Waals surface area (Å²) in [6, 6.07) is 8.83. The molecule has 33 heavy (non-hydrogen) atoms. The Morgan fingerprint density at radius 3 is 2.42 bits per heavy atom. The second-order valence-electron chi connectivity index (χ2n) is 7.45. The summed E-state index contributed by atoms with van der Waals surface area (Å²) in [4.78, 5) is 42.4. The molecule has 0 fully saturated rings. The van der Waals surface area contributed by atoms with Crippen LogP contribution in [0.3, 0.4) is 0 Å². The summed E-state index contributed by atoms with van der Waals surface area (Å²) in [6.45, 7) is -0.146. The molecular weight excluding hydrogens is 431 g/mol. The van der Waals surface area contributed by atoms with E-state index in [1.807, 2.05) is 0 Å². The Morgan fingerprint density at radius 2 is 1.79 bits per heavy atom. The first-order valence-corrected chi connectivity index (χ1v) is 9.92. The van der Waals surface area contributed by atoms with Gasteiger partial charge in [0, 0.05) is 25.7 Å². The second kappa shape index (κ2) is 10.0. The number of aromatic hydroxyl groups is 1. The van der Waals surface area contributed by atoms with Crippen molar-refractivity contribution in [3.63, 3.8) is 0 Å². The Labute approximate surface area is 189 Å². The number of carbonyl (C=O) groups is 3. The summed E-state index contributed by atoms with van der Waals surface area (Å²) in [5.74, 6) is -2.51. The lowest BCUT2D eigenvalue weighted by Gasteiger charge is -2.14. The van der Waals surface area contributed by atoms with Gasteiger partial charge in [-0.05, 0) is 41.8 Å². The first kappa shape index (κ1) is 23.6. The van der Waals surface area contributed by atoms with Crippen LogP contribution in [0.1, 0.15) is 31.8 Å². The number of hydrogen-bond acceptors (Lipinski definition) is 7. The Morgan fingerprint density at radius 1 is 1.09 bits per heavy atom. The van der Waals surface area contributed by atoms with Gasteiger partial charge in [-0.25, -0.2) is 14.6 Å². The lowest BCUT2D eigenvalue weighted by molar-refractivity contribution is -0.127. The van der Waals surface area contributed by atoms with Crippen molar-refractivity contribution in [2.24, 2.45) is 0 Å². The van der Waals surface area contributed by atoms with E-state index in [0.29, 0.717) is 12.0 Å². The molecule has 1 heterocycles. The number of methoxy groups -OCH3 is 1. The number of ether oxygens (including phenoxy) is 1. The van der Waals surface area contributed by atoms with Crippen LogP contribution in [0.25, 0.3) is 10.9 Å². The third-order valence-corrected chi connectivity index (χ3v) is 4.91. The summed E-state index contributed by atoms with van der Waals surface area (Å²) in [5, 5.41) is 10.9. The molecule has 0 spiro atoms. The van der Waals surface area contributed by atoms with E-state index in [1.165, 1.54) is 29.3 Å². The molecule has 0 saturated carbocycles. The number of likely N-dealkylation sites (N-methyl/N-ethyl adjacent to an activating group) is 1. The number of hydrogen-bond donors (Lipinski definition) is 3. The number of phenolic OH excluding ortho intramolecular Hbond substituents is 1. The number of esters is 1. The van der Waals surface area contributed by atoms with Crippen LogP contribution in [0.5, 0.6) is 5.75 Å². The van der Waals surface area contributed by atoms with Crippen molar-refractivity contribution < 1.29 is 28.6 Å². The Balaban J connectivity index is 2.00. The Kier molecular flexibility index (Phi) is 7.19. The second-order valence-corrected chi connectivity index (χ2v) is 7.45. The van der Waals surface area contributed by atoms with Crippen molar-refractivity contribution in [3.05, 3.63) is 70.7 Å². The molecule has 0 aliphatic carbocycles. The molecular formula is C23H23FN4O5. The van der Waals surface area contributed by atoms with Crippen molar-refractivity contribution >= 4 is 28.7 Å². The summed E-state index contributed by atoms with van der Waals surface area (Å²) in [6.07, 6.45) is 1.90. The minimum absolute atomic E-state index is 0.0373. The molecule has 3 N–H and O–H groups in total. The van der Waals surface area contributed by atoms with Gasteiger partial charge in [0.25, 0.3) is 5.91 Å². The van der Waals surface area contributed by atoms with Gasteiger partial charge in [0.05, 0.1) is 19.2 Å². The van der Waals surface area contributed by atoms with E-state index < -0.39 is 17.6 Å². The van der Waals surface area contributed by atoms with Gasteiger partial charge in [0.2, 0.25) is 5.91 Å². The van der Waals surface area contributed by atoms with E-state index in [9.17, 15) is 23.9 Å². The van der Waals surface area contributed by atoms with Gasteiger partial charge < -0.3 is 14.7 Å². The number of fused-ring (bicyclic) bond motifs is 1. The molecule has 0 radical (unpaired) electrons. The Bertz CT molecular complexity index is 1210. The van der Waals surface area contributed by atoms with Gasteiger partial charge in [-0.3, -0.25) is 20.0 Å². The number of nitrogens with zero attached hydrogens (tertiary/aromatic N) is 2. The fraction of sp³-hybridized carbons (Fsp3) is 0.217. The van der Waals surface area contributed by atoms with E-state index in [2.05, 4.69) is 15.8 Å². The molecule has 10 heteroatoms. The molecule has 0 atom stereocenters. The van der Waals surface area contributed by atoms with Crippen LogP contribution >= 0.6 is 0 Å². The minimum Gasteiger partial charge on any atom is -0.505 e. The molecule has 0 unspecified atom stereocenters. The van der Waals surface area contributed by atoms with Crippen molar-refractivity contribution in [3.8, 4) is 5.75 Å². The molecule has 172 valence electrons. The van der Waals surface area contributed by atoms with Crippen LogP contribution in [0.2, 0.25) is 0 Å². The number of aromatic nitrogens is 1. The third-order valence-electron chi connectivity index (χ3n) is 4.91. The maximum Gasteiger partial charge on any atom is 0.341 e.